The van der Waals surface area contributed by atoms with Gasteiger partial charge in [0.15, 0.2) is 9.84 Å². The molecule has 0 aromatic heterocycles. The summed E-state index contributed by atoms with van der Waals surface area (Å²) in [5.41, 5.74) is 1.96. The van der Waals surface area contributed by atoms with Gasteiger partial charge in [0.25, 0.3) is 0 Å². The Morgan fingerprint density at radius 3 is 2.48 bits per heavy atom. The minimum atomic E-state index is -3.17. The standard InChI is InChI=1S/C16H19NO3S/c1-13-6-8-15(9-7-13)20-11-10-17-14-4-3-5-16(12-14)21(2,18)19/h3-9,12,17H,10-11H2,1-2H3. The lowest BCUT2D eigenvalue weighted by atomic mass is 10.2. The molecule has 2 rings (SSSR count). The van der Waals surface area contributed by atoms with Gasteiger partial charge in [-0.1, -0.05) is 23.8 Å². The van der Waals surface area contributed by atoms with Crippen LogP contribution in [0, 0.1) is 6.92 Å². The molecule has 1 N–H and O–H groups in total. The van der Waals surface area contributed by atoms with Crippen LogP contribution in [0.15, 0.2) is 53.4 Å². The molecule has 0 atom stereocenters. The minimum absolute atomic E-state index is 0.312. The van der Waals surface area contributed by atoms with E-state index < -0.39 is 9.84 Å². The highest BCUT2D eigenvalue weighted by Gasteiger charge is 2.06. The predicted octanol–water partition coefficient (Wildman–Crippen LogP) is 2.89. The van der Waals surface area contributed by atoms with Crippen LogP contribution in [-0.4, -0.2) is 27.8 Å². The molecule has 21 heavy (non-hydrogen) atoms. The van der Waals surface area contributed by atoms with Crippen molar-refractivity contribution >= 4 is 15.5 Å². The van der Waals surface area contributed by atoms with Gasteiger partial charge in [-0.25, -0.2) is 8.42 Å². The molecule has 0 unspecified atom stereocenters. The van der Waals surface area contributed by atoms with E-state index in [-0.39, 0.29) is 0 Å². The Hall–Kier alpha value is -2.01. The van der Waals surface area contributed by atoms with Crippen molar-refractivity contribution in [3.63, 3.8) is 0 Å². The maximum absolute atomic E-state index is 11.5. The second kappa shape index (κ2) is 6.63. The number of rotatable bonds is 6. The molecule has 0 heterocycles. The molecule has 2 aromatic carbocycles. The van der Waals surface area contributed by atoms with Crippen LogP contribution in [0.4, 0.5) is 5.69 Å². The largest absolute Gasteiger partial charge is 0.492 e. The van der Waals surface area contributed by atoms with Crippen LogP contribution in [0.1, 0.15) is 5.56 Å². The molecule has 0 aliphatic carbocycles. The number of sulfone groups is 1. The van der Waals surface area contributed by atoms with Crippen molar-refractivity contribution in [2.45, 2.75) is 11.8 Å². The molecule has 0 saturated carbocycles. The third-order valence-electron chi connectivity index (χ3n) is 2.98. The normalized spacial score (nSPS) is 11.1. The molecule has 0 saturated heterocycles. The zero-order valence-corrected chi connectivity index (χ0v) is 13.0. The molecule has 0 amide bonds. The van der Waals surface area contributed by atoms with Crippen molar-refractivity contribution in [2.24, 2.45) is 0 Å². The third-order valence-corrected chi connectivity index (χ3v) is 4.09. The van der Waals surface area contributed by atoms with Crippen molar-refractivity contribution in [2.75, 3.05) is 24.7 Å². The number of aryl methyl sites for hydroxylation is 1. The predicted molar refractivity (Wildman–Crippen MR) is 84.7 cm³/mol. The van der Waals surface area contributed by atoms with Crippen LogP contribution in [0.25, 0.3) is 0 Å². The van der Waals surface area contributed by atoms with Crippen molar-refractivity contribution in [1.82, 2.24) is 0 Å². The summed E-state index contributed by atoms with van der Waals surface area (Å²) in [4.78, 5) is 0.312. The average molecular weight is 305 g/mol. The molecular formula is C16H19NO3S. The van der Waals surface area contributed by atoms with E-state index in [1.165, 1.54) is 11.8 Å². The van der Waals surface area contributed by atoms with Crippen LogP contribution < -0.4 is 10.1 Å². The molecule has 112 valence electrons. The average Bonchev–Trinajstić information content (AvgIpc) is 2.45. The summed E-state index contributed by atoms with van der Waals surface area (Å²) in [6.45, 7) is 3.13. The zero-order valence-electron chi connectivity index (χ0n) is 12.2. The van der Waals surface area contributed by atoms with Crippen molar-refractivity contribution < 1.29 is 13.2 Å². The van der Waals surface area contributed by atoms with Crippen LogP contribution in [0.2, 0.25) is 0 Å². The Morgan fingerprint density at radius 2 is 1.81 bits per heavy atom. The summed E-state index contributed by atoms with van der Waals surface area (Å²) in [5.74, 6) is 0.826. The van der Waals surface area contributed by atoms with E-state index in [9.17, 15) is 8.42 Å². The van der Waals surface area contributed by atoms with Crippen molar-refractivity contribution in [1.29, 1.82) is 0 Å². The van der Waals surface area contributed by atoms with Gasteiger partial charge in [0.05, 0.1) is 4.90 Å². The number of hydrogen-bond donors (Lipinski definition) is 1. The molecule has 0 aliphatic heterocycles. The summed E-state index contributed by atoms with van der Waals surface area (Å²) in [7, 11) is -3.17. The maximum Gasteiger partial charge on any atom is 0.175 e. The monoisotopic (exact) mass is 305 g/mol. The Balaban J connectivity index is 1.85. The van der Waals surface area contributed by atoms with Gasteiger partial charge in [0, 0.05) is 18.5 Å². The van der Waals surface area contributed by atoms with Gasteiger partial charge in [-0.2, -0.15) is 0 Å². The first kappa shape index (κ1) is 15.4. The van der Waals surface area contributed by atoms with Gasteiger partial charge in [-0.15, -0.1) is 0 Å². The van der Waals surface area contributed by atoms with Crippen LogP contribution in [0.3, 0.4) is 0 Å². The van der Waals surface area contributed by atoms with E-state index in [1.54, 1.807) is 18.2 Å². The topological polar surface area (TPSA) is 55.4 Å². The van der Waals surface area contributed by atoms with Gasteiger partial charge in [0.1, 0.15) is 12.4 Å². The summed E-state index contributed by atoms with van der Waals surface area (Å²) < 4.78 is 28.5. The van der Waals surface area contributed by atoms with E-state index in [4.69, 9.17) is 4.74 Å². The lowest BCUT2D eigenvalue weighted by Gasteiger charge is -2.09. The fraction of sp³-hybridized carbons (Fsp3) is 0.250. The fourth-order valence-electron chi connectivity index (χ4n) is 1.84. The smallest absolute Gasteiger partial charge is 0.175 e. The Labute approximate surface area is 125 Å². The molecule has 0 radical (unpaired) electrons. The molecule has 4 nitrogen and oxygen atoms in total. The summed E-state index contributed by atoms with van der Waals surface area (Å²) in [6, 6.07) is 14.6. The first-order chi connectivity index (χ1) is 9.95. The maximum atomic E-state index is 11.5. The first-order valence-electron chi connectivity index (χ1n) is 6.68. The van der Waals surface area contributed by atoms with E-state index in [0.29, 0.717) is 18.0 Å². The van der Waals surface area contributed by atoms with Gasteiger partial charge < -0.3 is 10.1 Å². The SMILES string of the molecule is Cc1ccc(OCCNc2cccc(S(C)(=O)=O)c2)cc1. The van der Waals surface area contributed by atoms with Crippen LogP contribution in [0.5, 0.6) is 5.75 Å². The van der Waals surface area contributed by atoms with E-state index in [0.717, 1.165) is 11.4 Å². The second-order valence-electron chi connectivity index (χ2n) is 4.89. The molecular weight excluding hydrogens is 286 g/mol. The Morgan fingerprint density at radius 1 is 1.10 bits per heavy atom. The van der Waals surface area contributed by atoms with Crippen LogP contribution >= 0.6 is 0 Å². The molecule has 5 heteroatoms. The minimum Gasteiger partial charge on any atom is -0.492 e. The Kier molecular flexibility index (Phi) is 4.85. The zero-order chi connectivity index (χ0) is 15.3. The number of anilines is 1. The highest BCUT2D eigenvalue weighted by molar-refractivity contribution is 7.90. The molecule has 0 spiro atoms. The Bertz CT molecular complexity index is 694. The molecule has 0 aliphatic rings. The van der Waals surface area contributed by atoms with Gasteiger partial charge in [-0.3, -0.25) is 0 Å². The van der Waals surface area contributed by atoms with E-state index >= 15 is 0 Å². The molecule has 0 fully saturated rings. The molecule has 2 aromatic rings. The second-order valence-corrected chi connectivity index (χ2v) is 6.90. The van der Waals surface area contributed by atoms with E-state index in [1.807, 2.05) is 37.3 Å². The highest BCUT2D eigenvalue weighted by atomic mass is 32.2. The number of hydrogen-bond acceptors (Lipinski definition) is 4. The number of benzene rings is 2. The molecule has 0 bridgehead atoms. The quantitative estimate of drug-likeness (QED) is 0.834. The number of ether oxygens (including phenoxy) is 1. The fourth-order valence-corrected chi connectivity index (χ4v) is 2.50. The van der Waals surface area contributed by atoms with Crippen molar-refractivity contribution in [3.8, 4) is 5.75 Å². The van der Waals surface area contributed by atoms with Gasteiger partial charge in [0.2, 0.25) is 0 Å². The van der Waals surface area contributed by atoms with Crippen molar-refractivity contribution in [3.05, 3.63) is 54.1 Å². The first-order valence-corrected chi connectivity index (χ1v) is 8.58. The number of nitrogens with one attached hydrogen (secondary N) is 1. The third kappa shape index (κ3) is 4.79. The lowest BCUT2D eigenvalue weighted by molar-refractivity contribution is 0.333. The van der Waals surface area contributed by atoms with Gasteiger partial charge in [-0.05, 0) is 37.3 Å². The lowest BCUT2D eigenvalue weighted by Crippen LogP contribution is -2.11. The summed E-state index contributed by atoms with van der Waals surface area (Å²) in [5, 5.41) is 3.15. The van der Waals surface area contributed by atoms with Gasteiger partial charge >= 0.3 is 0 Å². The van der Waals surface area contributed by atoms with E-state index in [2.05, 4.69) is 5.32 Å². The summed E-state index contributed by atoms with van der Waals surface area (Å²) >= 11 is 0. The summed E-state index contributed by atoms with van der Waals surface area (Å²) in [6.07, 6.45) is 1.20. The highest BCUT2D eigenvalue weighted by Crippen LogP contribution is 2.15. The van der Waals surface area contributed by atoms with Crippen LogP contribution in [-0.2, 0) is 9.84 Å².